The number of nitrogens with zero attached hydrogens (tertiary/aromatic N) is 4. The predicted octanol–water partition coefficient (Wildman–Crippen LogP) is 5.85. The molecule has 210 valence electrons. The molecule has 0 aromatic carbocycles. The van der Waals surface area contributed by atoms with Crippen molar-refractivity contribution in [2.24, 2.45) is 40.4 Å². The minimum Gasteiger partial charge on any atom is -0.393 e. The first-order valence-corrected chi connectivity index (χ1v) is 16.2. The Kier molecular flexibility index (Phi) is 7.16. The van der Waals surface area contributed by atoms with Crippen LogP contribution in [0.25, 0.3) is 0 Å². The maximum atomic E-state index is 13.2. The normalized spacial score (nSPS) is 39.7. The number of fused-ring (bicyclic) bond motifs is 5. The van der Waals surface area contributed by atoms with Crippen molar-refractivity contribution in [1.82, 2.24) is 15.1 Å². The van der Waals surface area contributed by atoms with Crippen molar-refractivity contribution in [3.8, 4) is 0 Å². The van der Waals surface area contributed by atoms with E-state index in [2.05, 4.69) is 46.8 Å². The van der Waals surface area contributed by atoms with Crippen LogP contribution in [0.4, 0.5) is 5.13 Å². The summed E-state index contributed by atoms with van der Waals surface area (Å²) in [6.45, 7) is 12.9. The molecule has 0 radical (unpaired) electrons. The third-order valence-electron chi connectivity index (χ3n) is 12.1. The number of hydrogen-bond acceptors (Lipinski definition) is 6. The van der Waals surface area contributed by atoms with Gasteiger partial charge in [0.25, 0.3) is 0 Å². The number of aromatic nitrogens is 2. The van der Waals surface area contributed by atoms with E-state index < -0.39 is 0 Å². The summed E-state index contributed by atoms with van der Waals surface area (Å²) in [5, 5.41) is 20.7. The van der Waals surface area contributed by atoms with Gasteiger partial charge in [-0.2, -0.15) is 0 Å². The van der Waals surface area contributed by atoms with Crippen LogP contribution in [0.5, 0.6) is 0 Å². The largest absolute Gasteiger partial charge is 0.393 e. The van der Waals surface area contributed by atoms with E-state index in [4.69, 9.17) is 0 Å². The minimum absolute atomic E-state index is 0.123. The van der Waals surface area contributed by atoms with Gasteiger partial charge in [-0.1, -0.05) is 43.8 Å². The molecule has 1 aromatic heterocycles. The number of carbonyl (C=O) groups is 1. The Bertz CT molecular complexity index is 1060. The molecular weight excluding hydrogens is 492 g/mol. The highest BCUT2D eigenvalue weighted by Crippen LogP contribution is 2.67. The molecule has 3 saturated carbocycles. The quantitative estimate of drug-likeness (QED) is 0.475. The summed E-state index contributed by atoms with van der Waals surface area (Å²) in [5.74, 6) is 4.11. The summed E-state index contributed by atoms with van der Waals surface area (Å²) in [4.78, 5) is 17.5. The van der Waals surface area contributed by atoms with Gasteiger partial charge in [0.1, 0.15) is 5.01 Å². The van der Waals surface area contributed by atoms with Crippen LogP contribution in [-0.4, -0.2) is 58.4 Å². The molecule has 1 amide bonds. The zero-order valence-corrected chi connectivity index (χ0v) is 24.8. The van der Waals surface area contributed by atoms with Crippen molar-refractivity contribution in [2.75, 3.05) is 31.1 Å². The Labute approximate surface area is 233 Å². The van der Waals surface area contributed by atoms with Crippen LogP contribution in [0.15, 0.2) is 11.6 Å². The highest BCUT2D eigenvalue weighted by molar-refractivity contribution is 7.15. The third kappa shape index (κ3) is 4.53. The Hall–Kier alpha value is -1.47. The molecule has 5 aliphatic rings. The van der Waals surface area contributed by atoms with Crippen LogP contribution < -0.4 is 4.90 Å². The van der Waals surface area contributed by atoms with Crippen LogP contribution in [0, 0.1) is 47.3 Å². The van der Waals surface area contributed by atoms with Crippen LogP contribution in [-0.2, 0) is 4.79 Å². The smallest absolute Gasteiger partial charge is 0.222 e. The number of piperazine rings is 1. The molecule has 0 spiro atoms. The van der Waals surface area contributed by atoms with E-state index in [0.717, 1.165) is 79.3 Å². The lowest BCUT2D eigenvalue weighted by molar-refractivity contribution is -0.132. The summed E-state index contributed by atoms with van der Waals surface area (Å²) in [6, 6.07) is 0. The van der Waals surface area contributed by atoms with Crippen molar-refractivity contribution < 1.29 is 9.90 Å². The van der Waals surface area contributed by atoms with Gasteiger partial charge in [0.05, 0.1) is 6.10 Å². The fourth-order valence-electron chi connectivity index (χ4n) is 9.89. The Morgan fingerprint density at radius 2 is 1.89 bits per heavy atom. The summed E-state index contributed by atoms with van der Waals surface area (Å²) >= 11 is 1.64. The molecule has 1 N–H and O–H groups in total. The van der Waals surface area contributed by atoms with Gasteiger partial charge in [-0.05, 0) is 105 Å². The number of hydrogen-bond donors (Lipinski definition) is 1. The van der Waals surface area contributed by atoms with E-state index in [9.17, 15) is 9.90 Å². The summed E-state index contributed by atoms with van der Waals surface area (Å²) in [5.41, 5.74) is 2.31. The average Bonchev–Trinajstić information content (AvgIpc) is 3.50. The Morgan fingerprint density at radius 3 is 2.63 bits per heavy atom. The SMILES string of the molecule is Cc1nnc(N2CCN(C(=O)CC[C@@H](C)[C@H]3CC[C@H]4[C@@H]5CC=C6C[C@@H](O)CC[C@]6(C)[C@H]5CC[C@]34C)CC2)s1. The fourth-order valence-corrected chi connectivity index (χ4v) is 10.6. The van der Waals surface area contributed by atoms with E-state index in [1.54, 1.807) is 16.9 Å². The molecule has 38 heavy (non-hydrogen) atoms. The first-order valence-electron chi connectivity index (χ1n) is 15.4. The monoisotopic (exact) mass is 540 g/mol. The fraction of sp³-hybridized carbons (Fsp3) is 0.839. The van der Waals surface area contributed by atoms with Gasteiger partial charge >= 0.3 is 0 Å². The van der Waals surface area contributed by atoms with Gasteiger partial charge in [-0.3, -0.25) is 4.79 Å². The van der Waals surface area contributed by atoms with Crippen molar-refractivity contribution in [3.05, 3.63) is 16.7 Å². The van der Waals surface area contributed by atoms with Crippen molar-refractivity contribution in [1.29, 1.82) is 0 Å². The molecule has 6 nitrogen and oxygen atoms in total. The van der Waals surface area contributed by atoms with Crippen molar-refractivity contribution in [3.63, 3.8) is 0 Å². The van der Waals surface area contributed by atoms with Crippen molar-refractivity contribution in [2.45, 2.75) is 98.0 Å². The van der Waals surface area contributed by atoms with Gasteiger partial charge in [0, 0.05) is 32.6 Å². The number of amides is 1. The molecule has 0 bridgehead atoms. The second kappa shape index (κ2) is 10.2. The lowest BCUT2D eigenvalue weighted by Crippen LogP contribution is -2.51. The highest BCUT2D eigenvalue weighted by Gasteiger charge is 2.59. The van der Waals surface area contributed by atoms with Gasteiger partial charge in [-0.15, -0.1) is 10.2 Å². The van der Waals surface area contributed by atoms with Crippen LogP contribution in [0.3, 0.4) is 0 Å². The summed E-state index contributed by atoms with van der Waals surface area (Å²) in [7, 11) is 0. The second-order valence-corrected chi connectivity index (χ2v) is 15.0. The average molecular weight is 541 g/mol. The lowest BCUT2D eigenvalue weighted by Gasteiger charge is -2.58. The first-order chi connectivity index (χ1) is 18.2. The molecule has 4 fully saturated rings. The number of aryl methyl sites for hydroxylation is 1. The van der Waals surface area contributed by atoms with Gasteiger partial charge in [0.15, 0.2) is 0 Å². The number of aliphatic hydroxyl groups excluding tert-OH is 1. The second-order valence-electron chi connectivity index (χ2n) is 13.9. The van der Waals surface area contributed by atoms with E-state index >= 15 is 0 Å². The summed E-state index contributed by atoms with van der Waals surface area (Å²) in [6.07, 6.45) is 13.8. The van der Waals surface area contributed by atoms with Gasteiger partial charge in [-0.25, -0.2) is 0 Å². The van der Waals surface area contributed by atoms with E-state index in [1.165, 1.54) is 38.5 Å². The Morgan fingerprint density at radius 1 is 1.11 bits per heavy atom. The molecule has 8 atom stereocenters. The summed E-state index contributed by atoms with van der Waals surface area (Å²) < 4.78 is 0. The topological polar surface area (TPSA) is 69.6 Å². The molecule has 1 saturated heterocycles. The molecule has 0 unspecified atom stereocenters. The standard InChI is InChI=1S/C31H48N4O2S/c1-20(5-10-28(37)34-15-17-35(18-16-34)29-33-32-21(2)38-29)25-8-9-26-24-7-6-22-19-23(36)11-13-30(22,3)27(24)12-14-31(25,26)4/h6,20,23-27,36H,5,7-19H2,1-4H3/t20-,23+,24+,25-,26+,27+,30+,31-/m1/s1. The molecule has 4 aliphatic carbocycles. The predicted molar refractivity (Wildman–Crippen MR) is 153 cm³/mol. The zero-order valence-electron chi connectivity index (χ0n) is 24.0. The van der Waals surface area contributed by atoms with Gasteiger partial charge < -0.3 is 14.9 Å². The molecule has 1 aromatic rings. The zero-order chi connectivity index (χ0) is 26.7. The molecular formula is C31H48N4O2S. The Balaban J connectivity index is 1.04. The molecule has 7 heteroatoms. The van der Waals surface area contributed by atoms with Gasteiger partial charge in [0.2, 0.25) is 11.0 Å². The minimum atomic E-state index is -0.123. The number of allylic oxidation sites excluding steroid dienone is 1. The number of rotatable bonds is 5. The molecule has 6 rings (SSSR count). The van der Waals surface area contributed by atoms with Crippen LogP contribution >= 0.6 is 11.3 Å². The van der Waals surface area contributed by atoms with Crippen LogP contribution in [0.1, 0.15) is 90.0 Å². The van der Waals surface area contributed by atoms with E-state index in [0.29, 0.717) is 29.1 Å². The van der Waals surface area contributed by atoms with Crippen molar-refractivity contribution >= 4 is 22.4 Å². The maximum Gasteiger partial charge on any atom is 0.222 e. The lowest BCUT2D eigenvalue weighted by atomic mass is 9.47. The number of carbonyl (C=O) groups excluding carboxylic acids is 1. The van der Waals surface area contributed by atoms with Crippen LogP contribution in [0.2, 0.25) is 0 Å². The number of aliphatic hydroxyl groups is 1. The van der Waals surface area contributed by atoms with E-state index in [-0.39, 0.29) is 6.10 Å². The first kappa shape index (κ1) is 26.7. The van der Waals surface area contributed by atoms with E-state index in [1.807, 2.05) is 6.92 Å². The molecule has 2 heterocycles. The number of anilines is 1. The maximum absolute atomic E-state index is 13.2. The highest BCUT2D eigenvalue weighted by atomic mass is 32.1. The molecule has 1 aliphatic heterocycles. The third-order valence-corrected chi connectivity index (χ3v) is 13.0.